The second-order valence-corrected chi connectivity index (χ2v) is 5.51. The van der Waals surface area contributed by atoms with Gasteiger partial charge in [-0.2, -0.15) is 0 Å². The van der Waals surface area contributed by atoms with Crippen LogP contribution in [0.5, 0.6) is 0 Å². The monoisotopic (exact) mass is 218 g/mol. The molecule has 2 aliphatic rings. The SMILES string of the molecule is C=C1NC(=C)C(C(=C)NC2(C)CCC2)C1C. The fourth-order valence-corrected chi connectivity index (χ4v) is 2.71. The molecule has 0 aromatic heterocycles. The fraction of sp³-hybridized carbons (Fsp3) is 0.571. The molecule has 0 spiro atoms. The summed E-state index contributed by atoms with van der Waals surface area (Å²) >= 11 is 0. The van der Waals surface area contributed by atoms with Crippen LogP contribution in [0.4, 0.5) is 0 Å². The lowest BCUT2D eigenvalue weighted by Gasteiger charge is -2.42. The molecule has 0 aromatic rings. The minimum Gasteiger partial charge on any atom is -0.383 e. The van der Waals surface area contributed by atoms with Crippen LogP contribution in [-0.4, -0.2) is 5.54 Å². The average Bonchev–Trinajstić information content (AvgIpc) is 2.38. The highest BCUT2D eigenvalue weighted by Crippen LogP contribution is 2.38. The molecule has 0 aromatic carbocycles. The molecule has 2 heteroatoms. The van der Waals surface area contributed by atoms with Crippen molar-refractivity contribution >= 4 is 0 Å². The summed E-state index contributed by atoms with van der Waals surface area (Å²) in [6, 6.07) is 0. The van der Waals surface area contributed by atoms with E-state index in [1.54, 1.807) is 0 Å². The molecule has 1 saturated heterocycles. The molecule has 0 amide bonds. The minimum absolute atomic E-state index is 0.265. The quantitative estimate of drug-likeness (QED) is 0.761. The van der Waals surface area contributed by atoms with E-state index >= 15 is 0 Å². The Morgan fingerprint density at radius 1 is 1.38 bits per heavy atom. The van der Waals surface area contributed by atoms with Gasteiger partial charge in [-0.05, 0) is 26.2 Å². The molecule has 2 rings (SSSR count). The van der Waals surface area contributed by atoms with Crippen molar-refractivity contribution in [2.75, 3.05) is 0 Å². The van der Waals surface area contributed by atoms with E-state index in [4.69, 9.17) is 0 Å². The van der Waals surface area contributed by atoms with Gasteiger partial charge in [0.1, 0.15) is 0 Å². The van der Waals surface area contributed by atoms with Crippen LogP contribution in [0.1, 0.15) is 33.1 Å². The van der Waals surface area contributed by atoms with Crippen LogP contribution in [0.3, 0.4) is 0 Å². The Morgan fingerprint density at radius 2 is 2.00 bits per heavy atom. The Hall–Kier alpha value is -1.18. The molecule has 0 bridgehead atoms. The van der Waals surface area contributed by atoms with Crippen molar-refractivity contribution in [3.63, 3.8) is 0 Å². The molecule has 1 aliphatic carbocycles. The fourth-order valence-electron chi connectivity index (χ4n) is 2.71. The molecule has 0 radical (unpaired) electrons. The van der Waals surface area contributed by atoms with Crippen molar-refractivity contribution in [1.29, 1.82) is 0 Å². The first kappa shape index (κ1) is 11.3. The Labute approximate surface area is 98.5 Å². The Bertz CT molecular complexity index is 350. The van der Waals surface area contributed by atoms with Gasteiger partial charge in [0.15, 0.2) is 0 Å². The van der Waals surface area contributed by atoms with Crippen molar-refractivity contribution in [3.05, 3.63) is 36.8 Å². The zero-order chi connectivity index (χ0) is 11.9. The maximum Gasteiger partial charge on any atom is 0.0456 e. The summed E-state index contributed by atoms with van der Waals surface area (Å²) in [6.07, 6.45) is 3.81. The summed E-state index contributed by atoms with van der Waals surface area (Å²) in [5, 5.41) is 6.81. The number of hydrogen-bond donors (Lipinski definition) is 2. The molecule has 2 fully saturated rings. The standard InChI is InChI=1S/C14H22N2/c1-9-10(2)15-11(3)13(9)12(4)16-14(5)7-6-8-14/h9,13,15-16H,2-4,6-8H2,1,5H3. The van der Waals surface area contributed by atoms with Crippen LogP contribution in [0.25, 0.3) is 0 Å². The van der Waals surface area contributed by atoms with Gasteiger partial charge in [0, 0.05) is 34.5 Å². The lowest BCUT2D eigenvalue weighted by atomic mass is 9.77. The first-order valence-electron chi connectivity index (χ1n) is 6.04. The molecule has 1 aliphatic heterocycles. The third-order valence-corrected chi connectivity index (χ3v) is 4.04. The molecule has 2 unspecified atom stereocenters. The van der Waals surface area contributed by atoms with Crippen molar-refractivity contribution < 1.29 is 0 Å². The van der Waals surface area contributed by atoms with Crippen LogP contribution in [-0.2, 0) is 0 Å². The van der Waals surface area contributed by atoms with Gasteiger partial charge in [0.25, 0.3) is 0 Å². The van der Waals surface area contributed by atoms with Crippen LogP contribution in [0, 0.1) is 11.8 Å². The summed E-state index contributed by atoms with van der Waals surface area (Å²) in [4.78, 5) is 0. The zero-order valence-electron chi connectivity index (χ0n) is 10.4. The number of hydrogen-bond acceptors (Lipinski definition) is 2. The van der Waals surface area contributed by atoms with E-state index in [-0.39, 0.29) is 11.5 Å². The van der Waals surface area contributed by atoms with Crippen molar-refractivity contribution in [2.45, 2.75) is 38.6 Å². The summed E-state index contributed by atoms with van der Waals surface area (Å²) in [6.45, 7) is 16.7. The largest absolute Gasteiger partial charge is 0.383 e. The molecule has 1 saturated carbocycles. The summed E-state index contributed by atoms with van der Waals surface area (Å²) in [5.41, 5.74) is 3.43. The van der Waals surface area contributed by atoms with E-state index in [0.29, 0.717) is 5.92 Å². The first-order chi connectivity index (χ1) is 7.43. The first-order valence-corrected chi connectivity index (χ1v) is 6.04. The van der Waals surface area contributed by atoms with E-state index in [1.807, 2.05) is 0 Å². The number of allylic oxidation sites excluding steroid dienone is 1. The molecule has 88 valence electrons. The molecule has 2 atom stereocenters. The summed E-state index contributed by atoms with van der Waals surface area (Å²) in [5.74, 6) is 0.668. The summed E-state index contributed by atoms with van der Waals surface area (Å²) < 4.78 is 0. The van der Waals surface area contributed by atoms with Crippen LogP contribution >= 0.6 is 0 Å². The number of nitrogens with one attached hydrogen (secondary N) is 2. The van der Waals surface area contributed by atoms with E-state index in [9.17, 15) is 0 Å². The second kappa shape index (κ2) is 3.69. The van der Waals surface area contributed by atoms with Gasteiger partial charge in [0.2, 0.25) is 0 Å². The Balaban J connectivity index is 2.04. The Kier molecular flexibility index (Phi) is 2.61. The van der Waals surface area contributed by atoms with Crippen LogP contribution in [0.2, 0.25) is 0 Å². The normalized spacial score (nSPS) is 31.9. The lowest BCUT2D eigenvalue weighted by Crippen LogP contribution is -2.48. The highest BCUT2D eigenvalue weighted by atomic mass is 15.0. The van der Waals surface area contributed by atoms with Gasteiger partial charge < -0.3 is 10.6 Å². The van der Waals surface area contributed by atoms with Gasteiger partial charge in [0.05, 0.1) is 0 Å². The van der Waals surface area contributed by atoms with Gasteiger partial charge in [-0.25, -0.2) is 0 Å². The maximum atomic E-state index is 4.19. The highest BCUT2D eigenvalue weighted by molar-refractivity contribution is 5.30. The Morgan fingerprint density at radius 3 is 2.38 bits per heavy atom. The second-order valence-electron chi connectivity index (χ2n) is 5.51. The third-order valence-electron chi connectivity index (χ3n) is 4.04. The highest BCUT2D eigenvalue weighted by Gasteiger charge is 2.37. The van der Waals surface area contributed by atoms with Crippen LogP contribution < -0.4 is 10.6 Å². The molecular formula is C14H22N2. The molecule has 1 heterocycles. The maximum absolute atomic E-state index is 4.19. The molecule has 2 nitrogen and oxygen atoms in total. The topological polar surface area (TPSA) is 24.1 Å². The van der Waals surface area contributed by atoms with Gasteiger partial charge in [-0.3, -0.25) is 0 Å². The predicted octanol–water partition coefficient (Wildman–Crippen LogP) is 2.92. The smallest absolute Gasteiger partial charge is 0.0456 e. The number of rotatable bonds is 3. The van der Waals surface area contributed by atoms with Crippen molar-refractivity contribution in [3.8, 4) is 0 Å². The van der Waals surface area contributed by atoms with E-state index < -0.39 is 0 Å². The van der Waals surface area contributed by atoms with E-state index in [2.05, 4.69) is 44.2 Å². The van der Waals surface area contributed by atoms with E-state index in [1.165, 1.54) is 19.3 Å². The molecule has 2 N–H and O–H groups in total. The van der Waals surface area contributed by atoms with Crippen molar-refractivity contribution in [2.24, 2.45) is 11.8 Å². The lowest BCUT2D eigenvalue weighted by molar-refractivity contribution is 0.219. The van der Waals surface area contributed by atoms with Gasteiger partial charge >= 0.3 is 0 Å². The molecular weight excluding hydrogens is 196 g/mol. The molecule has 16 heavy (non-hydrogen) atoms. The van der Waals surface area contributed by atoms with E-state index in [0.717, 1.165) is 17.1 Å². The van der Waals surface area contributed by atoms with Crippen molar-refractivity contribution in [1.82, 2.24) is 10.6 Å². The zero-order valence-corrected chi connectivity index (χ0v) is 10.4. The predicted molar refractivity (Wildman–Crippen MR) is 68.6 cm³/mol. The third kappa shape index (κ3) is 1.77. The minimum atomic E-state index is 0.265. The van der Waals surface area contributed by atoms with Gasteiger partial charge in [-0.1, -0.05) is 26.7 Å². The van der Waals surface area contributed by atoms with Crippen LogP contribution in [0.15, 0.2) is 36.8 Å². The average molecular weight is 218 g/mol. The van der Waals surface area contributed by atoms with Gasteiger partial charge in [-0.15, -0.1) is 0 Å². The summed E-state index contributed by atoms with van der Waals surface area (Å²) in [7, 11) is 0.